The van der Waals surface area contributed by atoms with E-state index in [2.05, 4.69) is 10.3 Å². The highest BCUT2D eigenvalue weighted by molar-refractivity contribution is 5.75. The van der Waals surface area contributed by atoms with Crippen LogP contribution >= 0.6 is 0 Å². The van der Waals surface area contributed by atoms with Gasteiger partial charge in [0.25, 0.3) is 0 Å². The monoisotopic (exact) mass is 257 g/mol. The molecule has 2 aromatic rings. The molecule has 0 bridgehead atoms. The first-order valence-electron chi connectivity index (χ1n) is 5.73. The van der Waals surface area contributed by atoms with Crippen molar-refractivity contribution in [1.82, 2.24) is 14.9 Å². The Kier molecular flexibility index (Phi) is 3.56. The number of halogens is 3. The van der Waals surface area contributed by atoms with E-state index < -0.39 is 12.7 Å². The summed E-state index contributed by atoms with van der Waals surface area (Å²) >= 11 is 0. The number of benzene rings is 1. The van der Waals surface area contributed by atoms with Gasteiger partial charge in [-0.25, -0.2) is 4.98 Å². The van der Waals surface area contributed by atoms with Crippen LogP contribution in [0.1, 0.15) is 12.7 Å². The van der Waals surface area contributed by atoms with Gasteiger partial charge in [-0.2, -0.15) is 13.2 Å². The highest BCUT2D eigenvalue weighted by Gasteiger charge is 2.26. The van der Waals surface area contributed by atoms with Gasteiger partial charge in [-0.05, 0) is 19.1 Å². The van der Waals surface area contributed by atoms with Gasteiger partial charge in [-0.15, -0.1) is 0 Å². The lowest BCUT2D eigenvalue weighted by molar-refractivity contribution is -0.125. The Labute approximate surface area is 103 Å². The highest BCUT2D eigenvalue weighted by atomic mass is 19.4. The summed E-state index contributed by atoms with van der Waals surface area (Å²) in [5.41, 5.74) is 1.76. The van der Waals surface area contributed by atoms with E-state index in [-0.39, 0.29) is 6.54 Å². The summed E-state index contributed by atoms with van der Waals surface area (Å²) in [7, 11) is 0. The maximum absolute atomic E-state index is 12.1. The first-order valence-corrected chi connectivity index (χ1v) is 5.73. The molecule has 0 atom stereocenters. The van der Waals surface area contributed by atoms with Gasteiger partial charge in [0.1, 0.15) is 5.82 Å². The van der Waals surface area contributed by atoms with Crippen LogP contribution in [0.3, 0.4) is 0 Å². The van der Waals surface area contributed by atoms with E-state index in [1.54, 1.807) is 0 Å². The van der Waals surface area contributed by atoms with Crippen molar-refractivity contribution >= 4 is 11.0 Å². The fraction of sp³-hybridized carbons (Fsp3) is 0.417. The normalized spacial score (nSPS) is 12.2. The molecule has 0 unspecified atom stereocenters. The minimum absolute atomic E-state index is 0.113. The average molecular weight is 257 g/mol. The molecular weight excluding hydrogens is 243 g/mol. The van der Waals surface area contributed by atoms with Crippen molar-refractivity contribution in [2.45, 2.75) is 26.2 Å². The van der Waals surface area contributed by atoms with E-state index in [1.807, 2.05) is 35.8 Å². The summed E-state index contributed by atoms with van der Waals surface area (Å²) in [6.07, 6.45) is -4.19. The molecule has 1 aromatic heterocycles. The molecule has 18 heavy (non-hydrogen) atoms. The van der Waals surface area contributed by atoms with E-state index in [9.17, 15) is 13.2 Å². The Morgan fingerprint density at radius 3 is 2.67 bits per heavy atom. The highest BCUT2D eigenvalue weighted by Crippen LogP contribution is 2.16. The number of nitrogens with one attached hydrogen (secondary N) is 1. The molecule has 0 aliphatic carbocycles. The van der Waals surface area contributed by atoms with Gasteiger partial charge in [0.15, 0.2) is 0 Å². The number of para-hydroxylation sites is 2. The number of fused-ring (bicyclic) bond motifs is 1. The number of aromatic nitrogens is 2. The van der Waals surface area contributed by atoms with Gasteiger partial charge in [0, 0.05) is 6.54 Å². The van der Waals surface area contributed by atoms with Crippen LogP contribution in [0.15, 0.2) is 24.3 Å². The van der Waals surface area contributed by atoms with E-state index in [4.69, 9.17) is 0 Å². The van der Waals surface area contributed by atoms with Gasteiger partial charge < -0.3 is 9.88 Å². The van der Waals surface area contributed by atoms with Crippen LogP contribution in [0.5, 0.6) is 0 Å². The number of alkyl halides is 3. The summed E-state index contributed by atoms with van der Waals surface area (Å²) in [4.78, 5) is 4.34. The number of hydrogen-bond acceptors (Lipinski definition) is 2. The van der Waals surface area contributed by atoms with Gasteiger partial charge in [0.2, 0.25) is 0 Å². The molecule has 0 saturated carbocycles. The number of nitrogens with zero attached hydrogens (tertiary/aromatic N) is 2. The van der Waals surface area contributed by atoms with Crippen molar-refractivity contribution in [2.24, 2.45) is 0 Å². The smallest absolute Gasteiger partial charge is 0.327 e. The molecule has 0 fully saturated rings. The van der Waals surface area contributed by atoms with Crippen molar-refractivity contribution in [1.29, 1.82) is 0 Å². The standard InChI is InChI=1S/C12H14F3N3/c1-2-18-10-6-4-3-5-9(10)17-11(18)7-16-8-12(13,14)15/h3-6,16H,2,7-8H2,1H3. The molecule has 0 aliphatic rings. The fourth-order valence-corrected chi connectivity index (χ4v) is 1.93. The maximum atomic E-state index is 12.1. The van der Waals surface area contributed by atoms with Crippen LogP contribution in [0.25, 0.3) is 11.0 Å². The van der Waals surface area contributed by atoms with E-state index in [0.717, 1.165) is 11.0 Å². The van der Waals surface area contributed by atoms with Crippen LogP contribution in [0.2, 0.25) is 0 Å². The minimum Gasteiger partial charge on any atom is -0.327 e. The minimum atomic E-state index is -4.19. The fourth-order valence-electron chi connectivity index (χ4n) is 1.93. The third-order valence-electron chi connectivity index (χ3n) is 2.66. The average Bonchev–Trinajstić information content (AvgIpc) is 2.64. The molecule has 0 amide bonds. The second-order valence-corrected chi connectivity index (χ2v) is 3.98. The van der Waals surface area contributed by atoms with Gasteiger partial charge in [-0.3, -0.25) is 0 Å². The summed E-state index contributed by atoms with van der Waals surface area (Å²) in [5.74, 6) is 0.628. The molecule has 1 aromatic carbocycles. The second kappa shape index (κ2) is 4.97. The molecule has 0 spiro atoms. The lowest BCUT2D eigenvalue weighted by atomic mass is 10.3. The zero-order valence-corrected chi connectivity index (χ0v) is 9.96. The van der Waals surface area contributed by atoms with Crippen LogP contribution in [0.4, 0.5) is 13.2 Å². The first-order chi connectivity index (χ1) is 8.51. The quantitative estimate of drug-likeness (QED) is 0.912. The Hall–Kier alpha value is -1.56. The Morgan fingerprint density at radius 1 is 1.28 bits per heavy atom. The molecule has 98 valence electrons. The maximum Gasteiger partial charge on any atom is 0.401 e. The molecule has 3 nitrogen and oxygen atoms in total. The number of imidazole rings is 1. The van der Waals surface area contributed by atoms with Gasteiger partial charge in [0.05, 0.1) is 24.1 Å². The largest absolute Gasteiger partial charge is 0.401 e. The van der Waals surface area contributed by atoms with E-state index >= 15 is 0 Å². The lowest BCUT2D eigenvalue weighted by Crippen LogP contribution is -2.29. The van der Waals surface area contributed by atoms with Crippen LogP contribution < -0.4 is 5.32 Å². The predicted molar refractivity (Wildman–Crippen MR) is 63.2 cm³/mol. The lowest BCUT2D eigenvalue weighted by Gasteiger charge is -2.09. The first kappa shape index (κ1) is 12.9. The third-order valence-corrected chi connectivity index (χ3v) is 2.66. The Bertz CT molecular complexity index is 531. The van der Waals surface area contributed by atoms with Gasteiger partial charge >= 0.3 is 6.18 Å². The molecule has 0 radical (unpaired) electrons. The predicted octanol–water partition coefficient (Wildman–Crippen LogP) is 2.71. The molecular formula is C12H14F3N3. The third kappa shape index (κ3) is 2.81. The summed E-state index contributed by atoms with van der Waals surface area (Å²) < 4.78 is 38.1. The van der Waals surface area contributed by atoms with E-state index in [0.29, 0.717) is 12.4 Å². The van der Waals surface area contributed by atoms with Crippen molar-refractivity contribution in [3.8, 4) is 0 Å². The van der Waals surface area contributed by atoms with Crippen LogP contribution in [-0.2, 0) is 13.1 Å². The molecule has 6 heteroatoms. The topological polar surface area (TPSA) is 29.9 Å². The Morgan fingerprint density at radius 2 is 2.00 bits per heavy atom. The van der Waals surface area contributed by atoms with Crippen molar-refractivity contribution < 1.29 is 13.2 Å². The molecule has 1 heterocycles. The van der Waals surface area contributed by atoms with Crippen molar-refractivity contribution in [3.05, 3.63) is 30.1 Å². The summed E-state index contributed by atoms with van der Waals surface area (Å²) in [6, 6.07) is 7.53. The Balaban J connectivity index is 2.17. The zero-order chi connectivity index (χ0) is 13.2. The van der Waals surface area contributed by atoms with Crippen molar-refractivity contribution in [3.63, 3.8) is 0 Å². The molecule has 1 N–H and O–H groups in total. The zero-order valence-electron chi connectivity index (χ0n) is 9.96. The number of hydrogen-bond donors (Lipinski definition) is 1. The van der Waals surface area contributed by atoms with Crippen LogP contribution in [-0.4, -0.2) is 22.3 Å². The summed E-state index contributed by atoms with van der Waals surface area (Å²) in [6.45, 7) is 1.74. The van der Waals surface area contributed by atoms with Gasteiger partial charge in [-0.1, -0.05) is 12.1 Å². The van der Waals surface area contributed by atoms with E-state index in [1.165, 1.54) is 0 Å². The molecule has 2 rings (SSSR count). The number of rotatable bonds is 4. The number of aryl methyl sites for hydroxylation is 1. The summed E-state index contributed by atoms with van der Waals surface area (Å²) in [5, 5.41) is 2.37. The van der Waals surface area contributed by atoms with Crippen LogP contribution in [0, 0.1) is 0 Å². The molecule has 0 saturated heterocycles. The van der Waals surface area contributed by atoms with Crippen molar-refractivity contribution in [2.75, 3.05) is 6.54 Å². The SMILES string of the molecule is CCn1c(CNCC(F)(F)F)nc2ccccc21. The second-order valence-electron chi connectivity index (χ2n) is 3.98. The molecule has 0 aliphatic heterocycles.